The Kier molecular flexibility index (Phi) is 7.04. The zero-order valence-corrected chi connectivity index (χ0v) is 19.9. The Morgan fingerprint density at radius 3 is 2.47 bits per heavy atom. The highest BCUT2D eigenvalue weighted by Gasteiger charge is 2.39. The summed E-state index contributed by atoms with van der Waals surface area (Å²) in [6, 6.07) is 12.5. The lowest BCUT2D eigenvalue weighted by Crippen LogP contribution is -2.52. The molecule has 0 radical (unpaired) electrons. The molecule has 0 aromatic heterocycles. The van der Waals surface area contributed by atoms with Gasteiger partial charge in [0.05, 0.1) is 24.0 Å². The van der Waals surface area contributed by atoms with Crippen LogP contribution in [0.2, 0.25) is 0 Å². The largest absolute Gasteiger partial charge is 0.392 e. The highest BCUT2D eigenvalue weighted by atomic mass is 32.2. The van der Waals surface area contributed by atoms with E-state index >= 15 is 0 Å². The fourth-order valence-corrected chi connectivity index (χ4v) is 5.93. The number of likely N-dealkylation sites (tertiary alicyclic amines) is 1. The summed E-state index contributed by atoms with van der Waals surface area (Å²) in [6.07, 6.45) is 4.92. The topological polar surface area (TPSA) is 107 Å². The molecule has 2 amide bonds. The molecule has 1 fully saturated rings. The van der Waals surface area contributed by atoms with Crippen molar-refractivity contribution in [1.82, 2.24) is 14.5 Å². The van der Waals surface area contributed by atoms with Gasteiger partial charge >= 0.3 is 0 Å². The fraction of sp³-hybridized carbons (Fsp3) is 0.360. The molecule has 2 aliphatic rings. The number of rotatable bonds is 6. The highest BCUT2D eigenvalue weighted by molar-refractivity contribution is 7.89. The summed E-state index contributed by atoms with van der Waals surface area (Å²) in [4.78, 5) is 28.0. The number of piperidine rings is 1. The van der Waals surface area contributed by atoms with Crippen LogP contribution in [0, 0.1) is 6.92 Å². The third kappa shape index (κ3) is 4.85. The molecule has 180 valence electrons. The maximum Gasteiger partial charge on any atom is 0.264 e. The number of sulfonamides is 1. The van der Waals surface area contributed by atoms with Gasteiger partial charge in [-0.1, -0.05) is 42.0 Å². The second-order valence-electron chi connectivity index (χ2n) is 8.69. The molecule has 2 aliphatic heterocycles. The highest BCUT2D eigenvalue weighted by Crippen LogP contribution is 2.33. The molecule has 8 nitrogen and oxygen atoms in total. The lowest BCUT2D eigenvalue weighted by molar-refractivity contribution is -0.138. The minimum Gasteiger partial charge on any atom is -0.392 e. The molecule has 2 aromatic carbocycles. The summed E-state index contributed by atoms with van der Waals surface area (Å²) in [6.45, 7) is 2.35. The van der Waals surface area contributed by atoms with Crippen molar-refractivity contribution in [2.24, 2.45) is 0 Å². The number of nitrogens with zero attached hydrogens (tertiary/aromatic N) is 2. The summed E-state index contributed by atoms with van der Waals surface area (Å²) in [5.74, 6) is -0.803. The van der Waals surface area contributed by atoms with Crippen LogP contribution in [0.5, 0.6) is 0 Å². The second-order valence-corrected chi connectivity index (χ2v) is 10.5. The molecule has 0 unspecified atom stereocenters. The molecule has 0 saturated carbocycles. The normalized spacial score (nSPS) is 20.8. The first-order valence-electron chi connectivity index (χ1n) is 11.4. The molecule has 0 aliphatic carbocycles. The van der Waals surface area contributed by atoms with Gasteiger partial charge in [0.25, 0.3) is 10.0 Å². The fourth-order valence-electron chi connectivity index (χ4n) is 4.48. The molecular formula is C25H29N3O5S. The monoisotopic (exact) mass is 483 g/mol. The Hall–Kier alpha value is -3.17. The van der Waals surface area contributed by atoms with E-state index in [1.165, 1.54) is 24.5 Å². The maximum absolute atomic E-state index is 13.4. The average molecular weight is 484 g/mol. The van der Waals surface area contributed by atoms with Crippen LogP contribution in [0.4, 0.5) is 0 Å². The van der Waals surface area contributed by atoms with E-state index in [4.69, 9.17) is 0 Å². The van der Waals surface area contributed by atoms with Crippen molar-refractivity contribution in [3.8, 4) is 0 Å². The van der Waals surface area contributed by atoms with E-state index < -0.39 is 22.0 Å². The summed E-state index contributed by atoms with van der Waals surface area (Å²) in [7, 11) is -4.02. The van der Waals surface area contributed by atoms with E-state index in [0.717, 1.165) is 40.3 Å². The van der Waals surface area contributed by atoms with Crippen LogP contribution < -0.4 is 5.32 Å². The zero-order valence-electron chi connectivity index (χ0n) is 19.1. The van der Waals surface area contributed by atoms with Gasteiger partial charge in [-0.3, -0.25) is 13.9 Å². The SMILES string of the molecule is Cc1ccc(S(=O)(=O)N2C=CNC(=O)[C@H]2CC(=O)N2CCCC[C@@H]2c2ccc(CO)cc2)cc1. The lowest BCUT2D eigenvalue weighted by atomic mass is 9.94. The van der Waals surface area contributed by atoms with Gasteiger partial charge in [-0.15, -0.1) is 0 Å². The Balaban J connectivity index is 1.58. The van der Waals surface area contributed by atoms with Crippen molar-refractivity contribution in [3.05, 3.63) is 77.6 Å². The third-order valence-corrected chi connectivity index (χ3v) is 8.19. The Labute approximate surface area is 199 Å². The molecule has 1 saturated heterocycles. The van der Waals surface area contributed by atoms with E-state index in [1.54, 1.807) is 17.0 Å². The van der Waals surface area contributed by atoms with Gasteiger partial charge < -0.3 is 15.3 Å². The van der Waals surface area contributed by atoms with Crippen LogP contribution in [0.1, 0.15) is 48.4 Å². The van der Waals surface area contributed by atoms with E-state index in [-0.39, 0.29) is 29.9 Å². The number of amides is 2. The van der Waals surface area contributed by atoms with Crippen LogP contribution in [-0.4, -0.2) is 47.1 Å². The van der Waals surface area contributed by atoms with E-state index in [2.05, 4.69) is 5.32 Å². The van der Waals surface area contributed by atoms with Gasteiger partial charge in [-0.05, 0) is 49.4 Å². The zero-order chi connectivity index (χ0) is 24.3. The number of hydrogen-bond acceptors (Lipinski definition) is 5. The first kappa shape index (κ1) is 24.0. The lowest BCUT2D eigenvalue weighted by Gasteiger charge is -2.38. The number of aliphatic hydroxyl groups excluding tert-OH is 1. The van der Waals surface area contributed by atoms with Gasteiger partial charge in [-0.25, -0.2) is 8.42 Å². The molecule has 2 N–H and O–H groups in total. The van der Waals surface area contributed by atoms with Crippen LogP contribution in [0.15, 0.2) is 65.8 Å². The molecule has 0 bridgehead atoms. The molecule has 4 rings (SSSR count). The summed E-state index contributed by atoms with van der Waals surface area (Å²) in [5, 5.41) is 11.8. The molecule has 2 atom stereocenters. The van der Waals surface area contributed by atoms with Crippen molar-refractivity contribution < 1.29 is 23.1 Å². The molecule has 0 spiro atoms. The Morgan fingerprint density at radius 1 is 1.09 bits per heavy atom. The van der Waals surface area contributed by atoms with Gasteiger partial charge in [0.2, 0.25) is 11.8 Å². The molecular weight excluding hydrogens is 454 g/mol. The van der Waals surface area contributed by atoms with E-state index in [9.17, 15) is 23.1 Å². The first-order chi connectivity index (χ1) is 16.3. The summed E-state index contributed by atoms with van der Waals surface area (Å²) >= 11 is 0. The smallest absolute Gasteiger partial charge is 0.264 e. The summed E-state index contributed by atoms with van der Waals surface area (Å²) in [5.41, 5.74) is 2.67. The Bertz CT molecular complexity index is 1180. The number of aliphatic hydroxyl groups is 1. The van der Waals surface area contributed by atoms with Crippen LogP contribution in [-0.2, 0) is 26.2 Å². The predicted molar refractivity (Wildman–Crippen MR) is 127 cm³/mol. The number of benzene rings is 2. The maximum atomic E-state index is 13.4. The second kappa shape index (κ2) is 9.99. The van der Waals surface area contributed by atoms with Gasteiger partial charge in [-0.2, -0.15) is 0 Å². The molecule has 34 heavy (non-hydrogen) atoms. The predicted octanol–water partition coefficient (Wildman–Crippen LogP) is 2.59. The minimum absolute atomic E-state index is 0.0524. The number of aryl methyl sites for hydroxylation is 1. The number of hydrogen-bond donors (Lipinski definition) is 2. The van der Waals surface area contributed by atoms with Crippen LogP contribution in [0.25, 0.3) is 0 Å². The van der Waals surface area contributed by atoms with Crippen molar-refractivity contribution in [2.75, 3.05) is 6.54 Å². The van der Waals surface area contributed by atoms with E-state index in [1.807, 2.05) is 31.2 Å². The minimum atomic E-state index is -4.02. The number of carbonyl (C=O) groups excluding carboxylic acids is 2. The third-order valence-electron chi connectivity index (χ3n) is 6.39. The van der Waals surface area contributed by atoms with Gasteiger partial charge in [0.1, 0.15) is 6.04 Å². The molecule has 2 heterocycles. The van der Waals surface area contributed by atoms with E-state index in [0.29, 0.717) is 6.54 Å². The van der Waals surface area contributed by atoms with Crippen molar-refractivity contribution in [3.63, 3.8) is 0 Å². The quantitative estimate of drug-likeness (QED) is 0.657. The standard InChI is InChI=1S/C25H29N3O5S/c1-18-5-11-21(12-6-18)34(32,33)28-15-13-26-25(31)23(28)16-24(30)27-14-3-2-4-22(27)20-9-7-19(17-29)8-10-20/h5-13,15,22-23,29H,2-4,14,16-17H2,1H3,(H,26,31)/t22-,23-/m1/s1. The molecule has 2 aromatic rings. The average Bonchev–Trinajstić information content (AvgIpc) is 2.85. The van der Waals surface area contributed by atoms with Crippen molar-refractivity contribution in [2.45, 2.75) is 56.2 Å². The number of carbonyl (C=O) groups is 2. The van der Waals surface area contributed by atoms with Crippen molar-refractivity contribution >= 4 is 21.8 Å². The van der Waals surface area contributed by atoms with Crippen molar-refractivity contribution in [1.29, 1.82) is 0 Å². The van der Waals surface area contributed by atoms with Crippen LogP contribution in [0.3, 0.4) is 0 Å². The molecule has 9 heteroatoms. The first-order valence-corrected chi connectivity index (χ1v) is 12.8. The van der Waals surface area contributed by atoms with Gasteiger partial charge in [0, 0.05) is 18.9 Å². The Morgan fingerprint density at radius 2 is 1.79 bits per heavy atom. The summed E-state index contributed by atoms with van der Waals surface area (Å²) < 4.78 is 27.6. The van der Waals surface area contributed by atoms with Gasteiger partial charge in [0.15, 0.2) is 0 Å². The number of nitrogens with one attached hydrogen (secondary N) is 1. The van der Waals surface area contributed by atoms with Crippen LogP contribution >= 0.6 is 0 Å².